The van der Waals surface area contributed by atoms with Crippen molar-refractivity contribution in [3.63, 3.8) is 0 Å². The number of methoxy groups -OCH3 is 1. The number of benzene rings is 2. The van der Waals surface area contributed by atoms with Crippen LogP contribution in [-0.4, -0.2) is 17.9 Å². The molecule has 0 fully saturated rings. The van der Waals surface area contributed by atoms with Crippen LogP contribution in [0.2, 0.25) is 0 Å². The number of nitrogens with one attached hydrogen (secondary N) is 1. The van der Waals surface area contributed by atoms with Gasteiger partial charge in [-0.05, 0) is 18.2 Å². The van der Waals surface area contributed by atoms with Gasteiger partial charge < -0.3 is 15.2 Å². The lowest BCUT2D eigenvalue weighted by atomic mass is 10.2. The fourth-order valence-electron chi connectivity index (χ4n) is 1.75. The van der Waals surface area contributed by atoms with Gasteiger partial charge in [0.25, 0.3) is 0 Å². The molecule has 2 aromatic carbocycles. The average molecular weight is 287 g/mol. The molecule has 0 aliphatic rings. The van der Waals surface area contributed by atoms with Gasteiger partial charge in [-0.25, -0.2) is 0 Å². The molecule has 0 bridgehead atoms. The van der Waals surface area contributed by atoms with E-state index in [0.29, 0.717) is 11.3 Å². The molecular weight excluding hydrogens is 274 g/mol. The summed E-state index contributed by atoms with van der Waals surface area (Å²) in [5.74, 6) is 0.529. The number of nitro groups is 1. The Morgan fingerprint density at radius 1 is 1.24 bits per heavy atom. The molecule has 2 rings (SSSR count). The molecule has 0 heterocycles. The van der Waals surface area contributed by atoms with Gasteiger partial charge in [0.1, 0.15) is 17.3 Å². The second kappa shape index (κ2) is 5.91. The maximum absolute atomic E-state index is 11.0. The van der Waals surface area contributed by atoms with E-state index in [0.717, 1.165) is 0 Å². The van der Waals surface area contributed by atoms with E-state index in [9.17, 15) is 10.1 Å². The quantitative estimate of drug-likeness (QED) is 0.380. The number of nitrogens with two attached hydrogens (primary N) is 1. The predicted octanol–water partition coefficient (Wildman–Crippen LogP) is 2.68. The molecule has 0 saturated carbocycles. The molecule has 0 aromatic heterocycles. The first-order valence-electron chi connectivity index (χ1n) is 5.96. The third-order valence-corrected chi connectivity index (χ3v) is 2.76. The summed E-state index contributed by atoms with van der Waals surface area (Å²) < 4.78 is 10.6. The highest BCUT2D eigenvalue weighted by molar-refractivity contribution is 5.97. The first kappa shape index (κ1) is 14.3. The van der Waals surface area contributed by atoms with Crippen molar-refractivity contribution in [2.75, 3.05) is 7.11 Å². The Balaban J connectivity index is 2.48. The summed E-state index contributed by atoms with van der Waals surface area (Å²) in [6.45, 7) is 0. The van der Waals surface area contributed by atoms with Crippen molar-refractivity contribution >= 4 is 11.5 Å². The van der Waals surface area contributed by atoms with Crippen LogP contribution in [0.15, 0.2) is 42.5 Å². The standard InChI is InChI=1S/C14H13N3O4/c1-20-9-6-7-11(17(18)19)13(8-9)21-12-5-3-2-4-10(12)14(15)16/h2-8H,1H3,(H3,15,16). The van der Waals surface area contributed by atoms with E-state index in [-0.39, 0.29) is 23.0 Å². The van der Waals surface area contributed by atoms with Crippen LogP contribution < -0.4 is 15.2 Å². The zero-order valence-corrected chi connectivity index (χ0v) is 11.2. The van der Waals surface area contributed by atoms with Gasteiger partial charge in [0.2, 0.25) is 5.75 Å². The van der Waals surface area contributed by atoms with Crippen molar-refractivity contribution in [2.45, 2.75) is 0 Å². The van der Waals surface area contributed by atoms with Crippen molar-refractivity contribution in [2.24, 2.45) is 5.73 Å². The normalized spacial score (nSPS) is 9.95. The zero-order valence-electron chi connectivity index (χ0n) is 11.2. The summed E-state index contributed by atoms with van der Waals surface area (Å²) in [6, 6.07) is 10.8. The Morgan fingerprint density at radius 2 is 1.95 bits per heavy atom. The number of hydrogen-bond donors (Lipinski definition) is 2. The molecule has 21 heavy (non-hydrogen) atoms. The second-order valence-corrected chi connectivity index (χ2v) is 4.10. The van der Waals surface area contributed by atoms with Gasteiger partial charge >= 0.3 is 5.69 Å². The molecule has 0 unspecified atom stereocenters. The Labute approximate surface area is 120 Å². The summed E-state index contributed by atoms with van der Waals surface area (Å²) in [5, 5.41) is 18.5. The molecule has 0 saturated heterocycles. The molecular formula is C14H13N3O4. The predicted molar refractivity (Wildman–Crippen MR) is 77.2 cm³/mol. The van der Waals surface area contributed by atoms with Crippen LogP contribution in [0, 0.1) is 15.5 Å². The smallest absolute Gasteiger partial charge is 0.311 e. The van der Waals surface area contributed by atoms with E-state index in [1.165, 1.54) is 25.3 Å². The number of hydrogen-bond acceptors (Lipinski definition) is 5. The molecule has 0 aliphatic heterocycles. The van der Waals surface area contributed by atoms with Crippen LogP contribution in [0.5, 0.6) is 17.2 Å². The lowest BCUT2D eigenvalue weighted by Crippen LogP contribution is -2.12. The maximum atomic E-state index is 11.0. The van der Waals surface area contributed by atoms with Gasteiger partial charge in [0, 0.05) is 12.1 Å². The largest absolute Gasteiger partial charge is 0.497 e. The number of amidine groups is 1. The van der Waals surface area contributed by atoms with E-state index in [4.69, 9.17) is 20.6 Å². The van der Waals surface area contributed by atoms with Gasteiger partial charge in [-0.3, -0.25) is 15.5 Å². The molecule has 0 atom stereocenters. The highest BCUT2D eigenvalue weighted by Gasteiger charge is 2.18. The summed E-state index contributed by atoms with van der Waals surface area (Å²) in [6.07, 6.45) is 0. The van der Waals surface area contributed by atoms with E-state index in [1.54, 1.807) is 24.3 Å². The van der Waals surface area contributed by atoms with Crippen LogP contribution in [0.1, 0.15) is 5.56 Å². The van der Waals surface area contributed by atoms with Crippen molar-refractivity contribution in [3.05, 3.63) is 58.1 Å². The third kappa shape index (κ3) is 3.08. The van der Waals surface area contributed by atoms with Gasteiger partial charge in [-0.2, -0.15) is 0 Å². The van der Waals surface area contributed by atoms with E-state index in [2.05, 4.69) is 0 Å². The van der Waals surface area contributed by atoms with Gasteiger partial charge in [-0.15, -0.1) is 0 Å². The highest BCUT2D eigenvalue weighted by atomic mass is 16.6. The minimum Gasteiger partial charge on any atom is -0.497 e. The third-order valence-electron chi connectivity index (χ3n) is 2.76. The Morgan fingerprint density at radius 3 is 2.57 bits per heavy atom. The SMILES string of the molecule is COc1ccc([N+](=O)[O-])c(Oc2ccccc2C(=N)N)c1. The fourth-order valence-corrected chi connectivity index (χ4v) is 1.75. The molecule has 0 radical (unpaired) electrons. The number of ether oxygens (including phenoxy) is 2. The number of rotatable bonds is 5. The van der Waals surface area contributed by atoms with Crippen LogP contribution in [-0.2, 0) is 0 Å². The molecule has 2 aromatic rings. The van der Waals surface area contributed by atoms with Crippen LogP contribution in [0.3, 0.4) is 0 Å². The zero-order chi connectivity index (χ0) is 15.4. The molecule has 0 amide bonds. The summed E-state index contributed by atoms with van der Waals surface area (Å²) in [4.78, 5) is 10.5. The minimum atomic E-state index is -0.550. The van der Waals surface area contributed by atoms with Crippen LogP contribution in [0.25, 0.3) is 0 Å². The molecule has 7 nitrogen and oxygen atoms in total. The first-order valence-corrected chi connectivity index (χ1v) is 5.96. The summed E-state index contributed by atoms with van der Waals surface area (Å²) >= 11 is 0. The summed E-state index contributed by atoms with van der Waals surface area (Å²) in [5.41, 5.74) is 5.62. The number of para-hydroxylation sites is 1. The molecule has 3 N–H and O–H groups in total. The Hall–Kier alpha value is -3.09. The van der Waals surface area contributed by atoms with E-state index < -0.39 is 4.92 Å². The topological polar surface area (TPSA) is 111 Å². The van der Waals surface area contributed by atoms with E-state index >= 15 is 0 Å². The van der Waals surface area contributed by atoms with Crippen LogP contribution >= 0.6 is 0 Å². The maximum Gasteiger partial charge on any atom is 0.311 e. The molecule has 0 aliphatic carbocycles. The average Bonchev–Trinajstić information content (AvgIpc) is 2.47. The number of nitrogen functional groups attached to an aromatic ring is 1. The highest BCUT2D eigenvalue weighted by Crippen LogP contribution is 2.35. The monoisotopic (exact) mass is 287 g/mol. The van der Waals surface area contributed by atoms with Crippen molar-refractivity contribution in [1.29, 1.82) is 5.41 Å². The van der Waals surface area contributed by atoms with Crippen molar-refractivity contribution in [1.82, 2.24) is 0 Å². The van der Waals surface area contributed by atoms with Crippen molar-refractivity contribution < 1.29 is 14.4 Å². The Bertz CT molecular complexity index is 700. The lowest BCUT2D eigenvalue weighted by molar-refractivity contribution is -0.385. The van der Waals surface area contributed by atoms with Gasteiger partial charge in [0.15, 0.2) is 0 Å². The van der Waals surface area contributed by atoms with Gasteiger partial charge in [0.05, 0.1) is 17.6 Å². The number of nitrogens with zero attached hydrogens (tertiary/aromatic N) is 1. The van der Waals surface area contributed by atoms with E-state index in [1.807, 2.05) is 0 Å². The fraction of sp³-hybridized carbons (Fsp3) is 0.0714. The van der Waals surface area contributed by atoms with Crippen LogP contribution in [0.4, 0.5) is 5.69 Å². The first-order chi connectivity index (χ1) is 10.0. The molecule has 0 spiro atoms. The molecule has 108 valence electrons. The Kier molecular flexibility index (Phi) is 4.03. The second-order valence-electron chi connectivity index (χ2n) is 4.10. The number of nitro benzene ring substituents is 1. The van der Waals surface area contributed by atoms with Gasteiger partial charge in [-0.1, -0.05) is 12.1 Å². The van der Waals surface area contributed by atoms with Crippen molar-refractivity contribution in [3.8, 4) is 17.2 Å². The minimum absolute atomic E-state index is 0.0213. The summed E-state index contributed by atoms with van der Waals surface area (Å²) in [7, 11) is 1.45. The lowest BCUT2D eigenvalue weighted by Gasteiger charge is -2.11. The molecule has 7 heteroatoms.